The number of fused-ring (bicyclic) bond motifs is 1. The van der Waals surface area contributed by atoms with Gasteiger partial charge in [0.15, 0.2) is 23.1 Å². The number of rotatable bonds is 12. The summed E-state index contributed by atoms with van der Waals surface area (Å²) in [5.41, 5.74) is 5.11. The smallest absolute Gasteiger partial charge is 0.247 e. The molecule has 1 aliphatic carbocycles. The van der Waals surface area contributed by atoms with E-state index in [-0.39, 0.29) is 41.5 Å². The second-order valence-electron chi connectivity index (χ2n) is 11.6. The van der Waals surface area contributed by atoms with Crippen LogP contribution in [-0.4, -0.2) is 73.1 Å². The standard InChI is InChI=1S/C34H36F2N6O5/c1-45-31-29(46-17-3-14-41-15-12-38-13-16-41)19-27-25(20-39-21-40-27)30(31)47-28-9-8-24(18-26(28)36)42(23-6-4-22(35)5-7-23)33(44)34(32(37)43)10-2-11-34/h4-9,18-21,38H,2-3,10-17H2,1H3,(H2,37,43). The number of halogens is 2. The predicted octanol–water partition coefficient (Wildman–Crippen LogP) is 4.70. The van der Waals surface area contributed by atoms with Crippen LogP contribution in [0.15, 0.2) is 61.1 Å². The summed E-state index contributed by atoms with van der Waals surface area (Å²) < 4.78 is 47.7. The molecule has 0 radical (unpaired) electrons. The van der Waals surface area contributed by atoms with Crippen LogP contribution >= 0.6 is 0 Å². The Morgan fingerprint density at radius 1 is 1.02 bits per heavy atom. The van der Waals surface area contributed by atoms with Crippen molar-refractivity contribution in [2.45, 2.75) is 25.7 Å². The Morgan fingerprint density at radius 2 is 1.77 bits per heavy atom. The number of nitrogens with zero attached hydrogens (tertiary/aromatic N) is 4. The average Bonchev–Trinajstić information content (AvgIpc) is 3.05. The maximum atomic E-state index is 15.9. The Balaban J connectivity index is 1.30. The van der Waals surface area contributed by atoms with Crippen molar-refractivity contribution in [2.75, 3.05) is 51.3 Å². The number of hydrogen-bond donors (Lipinski definition) is 2. The summed E-state index contributed by atoms with van der Waals surface area (Å²) in [7, 11) is 1.46. The van der Waals surface area contributed by atoms with Crippen molar-refractivity contribution in [3.63, 3.8) is 0 Å². The molecule has 0 atom stereocenters. The van der Waals surface area contributed by atoms with E-state index < -0.39 is 28.9 Å². The van der Waals surface area contributed by atoms with E-state index in [0.717, 1.165) is 45.2 Å². The summed E-state index contributed by atoms with van der Waals surface area (Å²) >= 11 is 0. The van der Waals surface area contributed by atoms with Crippen molar-refractivity contribution in [2.24, 2.45) is 11.1 Å². The van der Waals surface area contributed by atoms with E-state index >= 15 is 4.39 Å². The second kappa shape index (κ2) is 13.9. The molecule has 3 aromatic carbocycles. The number of ether oxygens (including phenoxy) is 3. The molecule has 1 saturated heterocycles. The SMILES string of the molecule is COc1c(OCCCN2CCNCC2)cc2ncncc2c1Oc1ccc(N(C(=O)C2(C(N)=O)CCC2)c2ccc(F)cc2)cc1F. The number of amides is 2. The lowest BCUT2D eigenvalue weighted by Crippen LogP contribution is -2.54. The van der Waals surface area contributed by atoms with Crippen LogP contribution in [0.2, 0.25) is 0 Å². The van der Waals surface area contributed by atoms with E-state index in [2.05, 4.69) is 20.2 Å². The van der Waals surface area contributed by atoms with Crippen LogP contribution < -0.4 is 30.2 Å². The maximum absolute atomic E-state index is 15.9. The number of piperazine rings is 1. The molecule has 47 heavy (non-hydrogen) atoms. The van der Waals surface area contributed by atoms with Gasteiger partial charge in [-0.15, -0.1) is 0 Å². The number of primary amides is 1. The van der Waals surface area contributed by atoms with Crippen molar-refractivity contribution in [1.29, 1.82) is 0 Å². The maximum Gasteiger partial charge on any atom is 0.247 e. The Labute approximate surface area is 270 Å². The van der Waals surface area contributed by atoms with Crippen molar-refractivity contribution in [3.8, 4) is 23.0 Å². The van der Waals surface area contributed by atoms with Gasteiger partial charge >= 0.3 is 0 Å². The summed E-state index contributed by atoms with van der Waals surface area (Å²) in [5, 5.41) is 3.81. The van der Waals surface area contributed by atoms with Crippen LogP contribution in [0.25, 0.3) is 10.9 Å². The van der Waals surface area contributed by atoms with Crippen LogP contribution in [0.3, 0.4) is 0 Å². The highest BCUT2D eigenvalue weighted by Crippen LogP contribution is 2.47. The topological polar surface area (TPSA) is 132 Å². The first-order valence-corrected chi connectivity index (χ1v) is 15.5. The van der Waals surface area contributed by atoms with Gasteiger partial charge in [0, 0.05) is 56.7 Å². The minimum atomic E-state index is -1.43. The third-order valence-electron chi connectivity index (χ3n) is 8.74. The first-order valence-electron chi connectivity index (χ1n) is 15.5. The highest BCUT2D eigenvalue weighted by atomic mass is 19.1. The summed E-state index contributed by atoms with van der Waals surface area (Å²) in [6.45, 7) is 5.21. The molecule has 2 aliphatic rings. The molecule has 1 aromatic heterocycles. The minimum Gasteiger partial charge on any atom is -0.490 e. The summed E-state index contributed by atoms with van der Waals surface area (Å²) in [6, 6.07) is 10.8. The zero-order chi connectivity index (χ0) is 33.0. The predicted molar refractivity (Wildman–Crippen MR) is 171 cm³/mol. The quantitative estimate of drug-likeness (QED) is 0.166. The van der Waals surface area contributed by atoms with Crippen molar-refractivity contribution in [1.82, 2.24) is 20.2 Å². The van der Waals surface area contributed by atoms with Gasteiger partial charge in [-0.05, 0) is 55.7 Å². The molecule has 0 unspecified atom stereocenters. The molecular formula is C34H36F2N6O5. The van der Waals surface area contributed by atoms with E-state index in [9.17, 15) is 14.0 Å². The number of hydrogen-bond acceptors (Lipinski definition) is 9. The lowest BCUT2D eigenvalue weighted by atomic mass is 9.67. The highest BCUT2D eigenvalue weighted by molar-refractivity contribution is 6.15. The molecule has 4 aromatic rings. The highest BCUT2D eigenvalue weighted by Gasteiger charge is 2.52. The summed E-state index contributed by atoms with van der Waals surface area (Å²) in [5.74, 6) is -2.07. The van der Waals surface area contributed by atoms with Gasteiger partial charge in [-0.1, -0.05) is 6.42 Å². The van der Waals surface area contributed by atoms with Gasteiger partial charge in [-0.3, -0.25) is 14.5 Å². The molecule has 11 nitrogen and oxygen atoms in total. The van der Waals surface area contributed by atoms with Crippen LogP contribution in [0, 0.1) is 17.0 Å². The molecular weight excluding hydrogens is 610 g/mol. The third kappa shape index (κ3) is 6.54. The molecule has 1 aliphatic heterocycles. The molecule has 0 bridgehead atoms. The van der Waals surface area contributed by atoms with Gasteiger partial charge in [0.25, 0.3) is 0 Å². The second-order valence-corrected chi connectivity index (χ2v) is 11.6. The molecule has 13 heteroatoms. The number of benzene rings is 3. The Hall–Kier alpha value is -4.88. The Bertz CT molecular complexity index is 1760. The molecule has 2 heterocycles. The lowest BCUT2D eigenvalue weighted by molar-refractivity contribution is -0.145. The number of anilines is 2. The average molecular weight is 647 g/mol. The first-order chi connectivity index (χ1) is 22.8. The monoisotopic (exact) mass is 646 g/mol. The van der Waals surface area contributed by atoms with Gasteiger partial charge in [-0.25, -0.2) is 18.7 Å². The molecule has 0 spiro atoms. The van der Waals surface area contributed by atoms with E-state index in [1.54, 1.807) is 6.07 Å². The number of methoxy groups -OCH3 is 1. The van der Waals surface area contributed by atoms with Crippen LogP contribution in [0.4, 0.5) is 20.2 Å². The number of nitrogens with one attached hydrogen (secondary N) is 1. The molecule has 2 fully saturated rings. The fourth-order valence-electron chi connectivity index (χ4n) is 5.97. The Morgan fingerprint density at radius 3 is 2.43 bits per heavy atom. The zero-order valence-electron chi connectivity index (χ0n) is 26.0. The van der Waals surface area contributed by atoms with E-state index in [0.29, 0.717) is 29.7 Å². The van der Waals surface area contributed by atoms with E-state index in [1.165, 1.54) is 60.9 Å². The van der Waals surface area contributed by atoms with Gasteiger partial charge in [0.05, 0.1) is 30.3 Å². The largest absolute Gasteiger partial charge is 0.490 e. The van der Waals surface area contributed by atoms with Crippen LogP contribution in [0.5, 0.6) is 23.0 Å². The number of aromatic nitrogens is 2. The Kier molecular flexibility index (Phi) is 9.45. The number of carbonyl (C=O) groups excluding carboxylic acids is 2. The lowest BCUT2D eigenvalue weighted by Gasteiger charge is -2.40. The van der Waals surface area contributed by atoms with Gasteiger partial charge in [0.2, 0.25) is 17.6 Å². The molecule has 246 valence electrons. The van der Waals surface area contributed by atoms with Gasteiger partial charge < -0.3 is 30.2 Å². The fourth-order valence-corrected chi connectivity index (χ4v) is 5.97. The molecule has 2 amide bonds. The molecule has 1 saturated carbocycles. The number of nitrogens with two attached hydrogens (primary N) is 1. The van der Waals surface area contributed by atoms with Crippen molar-refractivity contribution >= 4 is 34.1 Å². The van der Waals surface area contributed by atoms with Gasteiger partial charge in [0.1, 0.15) is 17.6 Å². The minimum absolute atomic E-state index is 0.112. The number of carbonyl (C=O) groups is 2. The van der Waals surface area contributed by atoms with Crippen molar-refractivity contribution < 1.29 is 32.6 Å². The first kappa shape index (κ1) is 32.1. The van der Waals surface area contributed by atoms with E-state index in [4.69, 9.17) is 19.9 Å². The van der Waals surface area contributed by atoms with Crippen molar-refractivity contribution in [3.05, 3.63) is 72.7 Å². The zero-order valence-corrected chi connectivity index (χ0v) is 26.0. The van der Waals surface area contributed by atoms with E-state index in [1.807, 2.05) is 0 Å². The third-order valence-corrected chi connectivity index (χ3v) is 8.74. The summed E-state index contributed by atoms with van der Waals surface area (Å²) in [4.78, 5) is 38.3. The normalized spacial score (nSPS) is 15.9. The van der Waals surface area contributed by atoms with Crippen LogP contribution in [-0.2, 0) is 9.59 Å². The summed E-state index contributed by atoms with van der Waals surface area (Å²) in [6.07, 6.45) is 4.90. The molecule has 3 N–H and O–H groups in total. The van der Waals surface area contributed by atoms with Gasteiger partial charge in [-0.2, -0.15) is 0 Å². The molecule has 6 rings (SSSR count). The van der Waals surface area contributed by atoms with Crippen LogP contribution in [0.1, 0.15) is 25.7 Å². The fraction of sp³-hybridized carbons (Fsp3) is 0.353.